The number of hydrogen-bond donors (Lipinski definition) is 1. The summed E-state index contributed by atoms with van der Waals surface area (Å²) in [5.41, 5.74) is 6.05. The van der Waals surface area contributed by atoms with Crippen LogP contribution in [0.1, 0.15) is 11.1 Å². The van der Waals surface area contributed by atoms with Crippen LogP contribution >= 0.6 is 11.8 Å². The highest BCUT2D eigenvalue weighted by Gasteiger charge is 2.29. The Kier molecular flexibility index (Phi) is 4.23. The van der Waals surface area contributed by atoms with Crippen LogP contribution in [0.4, 0.5) is 23.2 Å². The zero-order valence-corrected chi connectivity index (χ0v) is 11.1. The molecule has 0 aliphatic heterocycles. The van der Waals surface area contributed by atoms with Gasteiger partial charge in [0.05, 0.1) is 5.56 Å². The Morgan fingerprint density at radius 3 is 2.20 bits per heavy atom. The van der Waals surface area contributed by atoms with E-state index in [-0.39, 0.29) is 0 Å². The lowest BCUT2D eigenvalue weighted by atomic mass is 10.1. The summed E-state index contributed by atoms with van der Waals surface area (Å²) in [5.74, 6) is 0.0509. The Morgan fingerprint density at radius 2 is 1.65 bits per heavy atom. The van der Waals surface area contributed by atoms with E-state index in [1.807, 2.05) is 0 Å². The van der Waals surface area contributed by atoms with Crippen LogP contribution in [0.25, 0.3) is 0 Å². The number of thioether (sulfide) groups is 1. The smallest absolute Gasteiger partial charge is 0.398 e. The van der Waals surface area contributed by atoms with Crippen molar-refractivity contribution in [2.75, 3.05) is 5.73 Å². The molecule has 0 fully saturated rings. The summed E-state index contributed by atoms with van der Waals surface area (Å²) in [7, 11) is 0. The number of benzene rings is 2. The van der Waals surface area contributed by atoms with Gasteiger partial charge < -0.3 is 5.73 Å². The molecule has 0 unspecified atom stereocenters. The minimum Gasteiger partial charge on any atom is -0.398 e. The molecule has 106 valence electrons. The van der Waals surface area contributed by atoms with Gasteiger partial charge in [-0.1, -0.05) is 12.1 Å². The van der Waals surface area contributed by atoms with Gasteiger partial charge in [-0.15, -0.1) is 11.8 Å². The third kappa shape index (κ3) is 3.66. The summed E-state index contributed by atoms with van der Waals surface area (Å²) in [6, 6.07) is 9.01. The van der Waals surface area contributed by atoms with Crippen molar-refractivity contribution in [2.24, 2.45) is 0 Å². The molecule has 0 saturated carbocycles. The SMILES string of the molecule is Nc1cc(F)ccc1SCc1ccc(C(F)(F)F)cc1. The molecular formula is C14H11F4NS. The van der Waals surface area contributed by atoms with Crippen LogP contribution in [-0.4, -0.2) is 0 Å². The van der Waals surface area contributed by atoms with E-state index in [0.717, 1.165) is 17.7 Å². The summed E-state index contributed by atoms with van der Waals surface area (Å²) < 4.78 is 50.1. The van der Waals surface area contributed by atoms with Gasteiger partial charge in [0.25, 0.3) is 0 Å². The lowest BCUT2D eigenvalue weighted by Gasteiger charge is -2.08. The molecule has 0 aliphatic rings. The van der Waals surface area contributed by atoms with Crippen molar-refractivity contribution in [3.8, 4) is 0 Å². The molecule has 0 radical (unpaired) electrons. The summed E-state index contributed by atoms with van der Waals surface area (Å²) in [4.78, 5) is 0.700. The maximum Gasteiger partial charge on any atom is 0.416 e. The number of nitrogens with two attached hydrogens (primary N) is 1. The fraction of sp³-hybridized carbons (Fsp3) is 0.143. The van der Waals surface area contributed by atoms with E-state index in [1.165, 1.54) is 36.0 Å². The highest BCUT2D eigenvalue weighted by Crippen LogP contribution is 2.31. The van der Waals surface area contributed by atoms with Gasteiger partial charge in [-0.3, -0.25) is 0 Å². The third-order valence-corrected chi connectivity index (χ3v) is 3.81. The highest BCUT2D eigenvalue weighted by atomic mass is 32.2. The van der Waals surface area contributed by atoms with Gasteiger partial charge in [0, 0.05) is 16.3 Å². The maximum absolute atomic E-state index is 12.9. The van der Waals surface area contributed by atoms with Gasteiger partial charge in [-0.05, 0) is 35.9 Å². The topological polar surface area (TPSA) is 26.0 Å². The molecule has 1 nitrogen and oxygen atoms in total. The van der Waals surface area contributed by atoms with E-state index in [9.17, 15) is 17.6 Å². The number of hydrogen-bond acceptors (Lipinski definition) is 2. The number of halogens is 4. The Balaban J connectivity index is 2.04. The molecule has 0 bridgehead atoms. The van der Waals surface area contributed by atoms with Crippen LogP contribution in [0.5, 0.6) is 0 Å². The minimum atomic E-state index is -4.33. The number of anilines is 1. The first kappa shape index (κ1) is 14.7. The average Bonchev–Trinajstić information content (AvgIpc) is 2.37. The minimum absolute atomic E-state index is 0.321. The van der Waals surface area contributed by atoms with Crippen LogP contribution in [0, 0.1) is 5.82 Å². The standard InChI is InChI=1S/C14H11F4NS/c15-11-5-6-13(12(19)7-11)20-8-9-1-3-10(4-2-9)14(16,17)18/h1-7H,8,19H2. The molecule has 2 N–H and O–H groups in total. The summed E-state index contributed by atoms with van der Waals surface area (Å²) >= 11 is 1.35. The van der Waals surface area contributed by atoms with Gasteiger partial charge in [0.1, 0.15) is 5.82 Å². The lowest BCUT2D eigenvalue weighted by molar-refractivity contribution is -0.137. The van der Waals surface area contributed by atoms with Gasteiger partial charge in [0.15, 0.2) is 0 Å². The lowest BCUT2D eigenvalue weighted by Crippen LogP contribution is -2.04. The molecule has 0 heterocycles. The second-order valence-electron chi connectivity index (χ2n) is 4.17. The first-order chi connectivity index (χ1) is 9.36. The van der Waals surface area contributed by atoms with Crippen LogP contribution in [0.2, 0.25) is 0 Å². The first-order valence-corrected chi connectivity index (χ1v) is 6.69. The van der Waals surface area contributed by atoms with E-state index >= 15 is 0 Å². The van der Waals surface area contributed by atoms with Crippen LogP contribution in [0.15, 0.2) is 47.4 Å². The predicted octanol–water partition coefficient (Wildman–Crippen LogP) is 4.72. The van der Waals surface area contributed by atoms with E-state index in [1.54, 1.807) is 6.07 Å². The maximum atomic E-state index is 12.9. The van der Waals surface area contributed by atoms with Gasteiger partial charge >= 0.3 is 6.18 Å². The molecule has 2 rings (SSSR count). The molecule has 0 saturated heterocycles. The fourth-order valence-electron chi connectivity index (χ4n) is 1.60. The van der Waals surface area contributed by atoms with Crippen molar-refractivity contribution in [1.82, 2.24) is 0 Å². The summed E-state index contributed by atoms with van der Waals surface area (Å²) in [6.07, 6.45) is -4.33. The summed E-state index contributed by atoms with van der Waals surface area (Å²) in [5, 5.41) is 0. The van der Waals surface area contributed by atoms with E-state index in [0.29, 0.717) is 16.3 Å². The van der Waals surface area contributed by atoms with E-state index < -0.39 is 17.6 Å². The third-order valence-electron chi connectivity index (χ3n) is 2.65. The van der Waals surface area contributed by atoms with Crippen molar-refractivity contribution >= 4 is 17.4 Å². The summed E-state index contributed by atoms with van der Waals surface area (Å²) in [6.45, 7) is 0. The van der Waals surface area contributed by atoms with Crippen molar-refractivity contribution < 1.29 is 17.6 Å². The Labute approximate surface area is 117 Å². The zero-order valence-electron chi connectivity index (χ0n) is 10.2. The van der Waals surface area contributed by atoms with Crippen molar-refractivity contribution in [3.05, 3.63) is 59.4 Å². The van der Waals surface area contributed by atoms with E-state index in [2.05, 4.69) is 0 Å². The normalized spacial score (nSPS) is 11.6. The van der Waals surface area contributed by atoms with Gasteiger partial charge in [0.2, 0.25) is 0 Å². The molecule has 2 aromatic rings. The monoisotopic (exact) mass is 301 g/mol. The predicted molar refractivity (Wildman–Crippen MR) is 71.8 cm³/mol. The quantitative estimate of drug-likeness (QED) is 0.504. The largest absolute Gasteiger partial charge is 0.416 e. The first-order valence-electron chi connectivity index (χ1n) is 5.70. The second-order valence-corrected chi connectivity index (χ2v) is 5.18. The molecule has 0 spiro atoms. The zero-order chi connectivity index (χ0) is 14.8. The fourth-order valence-corrected chi connectivity index (χ4v) is 2.51. The van der Waals surface area contributed by atoms with Crippen LogP contribution < -0.4 is 5.73 Å². The second kappa shape index (κ2) is 5.75. The molecular weight excluding hydrogens is 290 g/mol. The Hall–Kier alpha value is -1.69. The van der Waals surface area contributed by atoms with Crippen LogP contribution in [0.3, 0.4) is 0 Å². The molecule has 0 aliphatic carbocycles. The number of alkyl halides is 3. The van der Waals surface area contributed by atoms with Crippen molar-refractivity contribution in [1.29, 1.82) is 0 Å². The molecule has 0 atom stereocenters. The molecule has 0 aromatic heterocycles. The highest BCUT2D eigenvalue weighted by molar-refractivity contribution is 7.98. The molecule has 2 aromatic carbocycles. The molecule has 0 amide bonds. The Bertz CT molecular complexity index is 593. The number of rotatable bonds is 3. The van der Waals surface area contributed by atoms with Crippen molar-refractivity contribution in [3.63, 3.8) is 0 Å². The van der Waals surface area contributed by atoms with E-state index in [4.69, 9.17) is 5.73 Å². The molecule has 6 heteroatoms. The number of nitrogen functional groups attached to an aromatic ring is 1. The average molecular weight is 301 g/mol. The van der Waals surface area contributed by atoms with Gasteiger partial charge in [-0.2, -0.15) is 13.2 Å². The van der Waals surface area contributed by atoms with Crippen LogP contribution in [-0.2, 0) is 11.9 Å². The molecule has 20 heavy (non-hydrogen) atoms. The van der Waals surface area contributed by atoms with Crippen molar-refractivity contribution in [2.45, 2.75) is 16.8 Å². The Morgan fingerprint density at radius 1 is 1.00 bits per heavy atom. The van der Waals surface area contributed by atoms with Gasteiger partial charge in [-0.25, -0.2) is 4.39 Å².